The van der Waals surface area contributed by atoms with Crippen LogP contribution in [0.5, 0.6) is 0 Å². The molecule has 0 fully saturated rings. The number of rotatable bonds is 5. The molecule has 0 saturated heterocycles. The fraction of sp³-hybridized carbons (Fsp3) is 0.250. The van der Waals surface area contributed by atoms with Gasteiger partial charge in [-0.2, -0.15) is 0 Å². The Kier molecular flexibility index (Phi) is 5.02. The van der Waals surface area contributed by atoms with E-state index in [9.17, 15) is 9.32 Å². The zero-order valence-electron chi connectivity index (χ0n) is 11.5. The van der Waals surface area contributed by atoms with Crippen LogP contribution >= 0.6 is 11.8 Å². The molecule has 1 N–H and O–H groups in total. The molecule has 2 nitrogen and oxygen atoms in total. The Balaban J connectivity index is 2.63. The van der Waals surface area contributed by atoms with Gasteiger partial charge >= 0.3 is 0 Å². The van der Waals surface area contributed by atoms with Gasteiger partial charge in [0.05, 0.1) is 0 Å². The van der Waals surface area contributed by atoms with Crippen molar-refractivity contribution in [1.29, 1.82) is 0 Å². The van der Waals surface area contributed by atoms with Gasteiger partial charge in [0.2, 0.25) is 0 Å². The molecule has 0 aliphatic carbocycles. The van der Waals surface area contributed by atoms with Gasteiger partial charge in [0.1, 0.15) is 10.2 Å². The quantitative estimate of drug-likeness (QED) is 0.923. The molecule has 0 amide bonds. The van der Waals surface area contributed by atoms with Gasteiger partial charge in [-0.05, 0) is 17.4 Å². The second-order valence-corrected chi connectivity index (χ2v) is 7.27. The summed E-state index contributed by atoms with van der Waals surface area (Å²) in [6.07, 6.45) is 3.51. The van der Waals surface area contributed by atoms with E-state index in [1.807, 2.05) is 66.9 Å². The summed E-state index contributed by atoms with van der Waals surface area (Å²) in [4.78, 5) is 0. The van der Waals surface area contributed by atoms with Crippen LogP contribution in [0, 0.1) is 0 Å². The SMILES string of the molecule is CSC(S(C)=O)C(O)(c1ccccc1)c1ccccc1. The molecule has 0 spiro atoms. The Bertz CT molecular complexity index is 530. The van der Waals surface area contributed by atoms with E-state index in [-0.39, 0.29) is 0 Å². The van der Waals surface area contributed by atoms with Gasteiger partial charge in [0, 0.05) is 17.1 Å². The minimum absolute atomic E-state index is 0.424. The summed E-state index contributed by atoms with van der Waals surface area (Å²) in [6, 6.07) is 18.9. The maximum atomic E-state index is 12.1. The van der Waals surface area contributed by atoms with Crippen molar-refractivity contribution in [3.8, 4) is 0 Å². The van der Waals surface area contributed by atoms with Crippen molar-refractivity contribution < 1.29 is 9.32 Å². The standard InChI is InChI=1S/C16H18O2S2/c1-19-15(20(2)18)16(17,13-9-5-3-6-10-13)14-11-7-4-8-12-14/h3-12,15,17H,1-2H3. The van der Waals surface area contributed by atoms with Crippen LogP contribution < -0.4 is 0 Å². The molecule has 20 heavy (non-hydrogen) atoms. The molecule has 4 heteroatoms. The Morgan fingerprint density at radius 3 is 1.70 bits per heavy atom. The monoisotopic (exact) mass is 306 g/mol. The van der Waals surface area contributed by atoms with Gasteiger partial charge in [-0.3, -0.25) is 4.21 Å². The molecular formula is C16H18O2S2. The molecule has 0 aliphatic rings. The lowest BCUT2D eigenvalue weighted by Crippen LogP contribution is -2.41. The predicted molar refractivity (Wildman–Crippen MR) is 87.3 cm³/mol. The van der Waals surface area contributed by atoms with E-state index < -0.39 is 21.0 Å². The van der Waals surface area contributed by atoms with E-state index in [0.717, 1.165) is 11.1 Å². The Morgan fingerprint density at radius 2 is 1.40 bits per heavy atom. The molecule has 2 aromatic carbocycles. The van der Waals surface area contributed by atoms with Crippen LogP contribution in [0.15, 0.2) is 60.7 Å². The van der Waals surface area contributed by atoms with Crippen molar-refractivity contribution in [2.24, 2.45) is 0 Å². The van der Waals surface area contributed by atoms with Gasteiger partial charge in [0.25, 0.3) is 0 Å². The summed E-state index contributed by atoms with van der Waals surface area (Å²) in [5.41, 5.74) is 0.267. The number of hydrogen-bond acceptors (Lipinski definition) is 3. The normalized spacial score (nSPS) is 14.8. The van der Waals surface area contributed by atoms with Crippen LogP contribution in [0.1, 0.15) is 11.1 Å². The summed E-state index contributed by atoms with van der Waals surface area (Å²) >= 11 is 1.42. The molecule has 0 saturated carbocycles. The van der Waals surface area contributed by atoms with Crippen molar-refractivity contribution in [1.82, 2.24) is 0 Å². The fourth-order valence-corrected chi connectivity index (χ4v) is 4.82. The highest BCUT2D eigenvalue weighted by atomic mass is 32.2. The molecule has 0 aliphatic heterocycles. The average Bonchev–Trinajstić information content (AvgIpc) is 2.49. The van der Waals surface area contributed by atoms with Gasteiger partial charge in [-0.15, -0.1) is 11.8 Å². The Morgan fingerprint density at radius 1 is 1.00 bits per heavy atom. The summed E-state index contributed by atoms with van der Waals surface area (Å²) in [6.45, 7) is 0. The summed E-state index contributed by atoms with van der Waals surface area (Å²) in [7, 11) is -1.16. The van der Waals surface area contributed by atoms with Crippen molar-refractivity contribution >= 4 is 22.6 Å². The Labute approximate surface area is 126 Å². The van der Waals surface area contributed by atoms with Crippen LogP contribution in [-0.4, -0.2) is 26.4 Å². The largest absolute Gasteiger partial charge is 0.378 e. The molecule has 0 radical (unpaired) electrons. The fourth-order valence-electron chi connectivity index (χ4n) is 2.37. The molecule has 0 bridgehead atoms. The van der Waals surface area contributed by atoms with Gasteiger partial charge in [0.15, 0.2) is 0 Å². The third-order valence-corrected chi connectivity index (χ3v) is 6.39. The molecule has 2 unspecified atom stereocenters. The summed E-state index contributed by atoms with van der Waals surface area (Å²) in [5, 5.41) is 11.4. The average molecular weight is 306 g/mol. The van der Waals surface area contributed by atoms with Crippen LogP contribution in [0.3, 0.4) is 0 Å². The maximum Gasteiger partial charge on any atom is 0.138 e. The maximum absolute atomic E-state index is 12.1. The van der Waals surface area contributed by atoms with Crippen LogP contribution in [0.2, 0.25) is 0 Å². The van der Waals surface area contributed by atoms with E-state index in [2.05, 4.69) is 0 Å². The Hall–Kier alpha value is -1.10. The van der Waals surface area contributed by atoms with E-state index in [1.54, 1.807) is 6.26 Å². The number of hydrogen-bond donors (Lipinski definition) is 1. The predicted octanol–water partition coefficient (Wildman–Crippen LogP) is 2.99. The van der Waals surface area contributed by atoms with Crippen LogP contribution in [0.4, 0.5) is 0 Å². The van der Waals surface area contributed by atoms with Crippen molar-refractivity contribution in [3.05, 3.63) is 71.8 Å². The van der Waals surface area contributed by atoms with E-state index >= 15 is 0 Å². The number of benzene rings is 2. The van der Waals surface area contributed by atoms with Crippen LogP contribution in [0.25, 0.3) is 0 Å². The highest BCUT2D eigenvalue weighted by Gasteiger charge is 2.42. The first kappa shape index (κ1) is 15.3. The molecular weight excluding hydrogens is 288 g/mol. The van der Waals surface area contributed by atoms with E-state index in [0.29, 0.717) is 0 Å². The first-order valence-electron chi connectivity index (χ1n) is 6.29. The molecule has 0 heterocycles. The molecule has 2 atom stereocenters. The van der Waals surface area contributed by atoms with Gasteiger partial charge < -0.3 is 5.11 Å². The lowest BCUT2D eigenvalue weighted by Gasteiger charge is -2.35. The molecule has 0 aromatic heterocycles. The number of aliphatic hydroxyl groups is 1. The molecule has 2 aromatic rings. The van der Waals surface area contributed by atoms with E-state index in [4.69, 9.17) is 0 Å². The summed E-state index contributed by atoms with van der Waals surface area (Å²) in [5.74, 6) is 0. The van der Waals surface area contributed by atoms with Gasteiger partial charge in [-0.25, -0.2) is 0 Å². The summed E-state index contributed by atoms with van der Waals surface area (Å²) < 4.78 is 11.7. The van der Waals surface area contributed by atoms with Crippen molar-refractivity contribution in [2.45, 2.75) is 10.2 Å². The second kappa shape index (κ2) is 6.57. The van der Waals surface area contributed by atoms with E-state index in [1.165, 1.54) is 11.8 Å². The lowest BCUT2D eigenvalue weighted by molar-refractivity contribution is 0.0982. The first-order chi connectivity index (χ1) is 9.60. The lowest BCUT2D eigenvalue weighted by atomic mass is 9.88. The third-order valence-electron chi connectivity index (χ3n) is 3.28. The second-order valence-electron chi connectivity index (χ2n) is 4.56. The minimum atomic E-state index is -1.26. The smallest absolute Gasteiger partial charge is 0.138 e. The van der Waals surface area contributed by atoms with Crippen molar-refractivity contribution in [3.63, 3.8) is 0 Å². The topological polar surface area (TPSA) is 37.3 Å². The first-order valence-corrected chi connectivity index (χ1v) is 9.20. The highest BCUT2D eigenvalue weighted by molar-refractivity contribution is 8.10. The van der Waals surface area contributed by atoms with Crippen molar-refractivity contribution in [2.75, 3.05) is 12.5 Å². The van der Waals surface area contributed by atoms with Gasteiger partial charge in [-0.1, -0.05) is 60.7 Å². The highest BCUT2D eigenvalue weighted by Crippen LogP contribution is 2.39. The molecule has 2 rings (SSSR count). The minimum Gasteiger partial charge on any atom is -0.378 e. The van der Waals surface area contributed by atoms with Crippen LogP contribution in [-0.2, 0) is 16.4 Å². The zero-order valence-corrected chi connectivity index (χ0v) is 13.2. The number of thioether (sulfide) groups is 1. The third kappa shape index (κ3) is 2.82. The molecule has 106 valence electrons. The zero-order chi connectivity index (χ0) is 14.6.